The van der Waals surface area contributed by atoms with Crippen LogP contribution in [0.1, 0.15) is 18.9 Å². The molecule has 0 amide bonds. The lowest BCUT2D eigenvalue weighted by atomic mass is 10.1. The first-order chi connectivity index (χ1) is 7.63. The van der Waals surface area contributed by atoms with Crippen LogP contribution >= 0.6 is 15.9 Å². The maximum atomic E-state index is 12.9. The van der Waals surface area contributed by atoms with Crippen LogP contribution in [0.4, 0.5) is 4.39 Å². The third kappa shape index (κ3) is 4.41. The zero-order chi connectivity index (χ0) is 12.0. The first-order valence-electron chi connectivity index (χ1n) is 5.17. The maximum Gasteiger partial charge on any atom is 0.162 e. The molecule has 1 rings (SSSR count). The van der Waals surface area contributed by atoms with Gasteiger partial charge >= 0.3 is 0 Å². The van der Waals surface area contributed by atoms with Gasteiger partial charge in [-0.05, 0) is 40.0 Å². The monoisotopic (exact) mass is 288 g/mol. The molecule has 0 unspecified atom stereocenters. The molecule has 0 N–H and O–H groups in total. The molecule has 0 bridgehead atoms. The SMILES string of the molecule is CCCOCC(=O)Cc1ccc(F)c(Br)c1. The Morgan fingerprint density at radius 2 is 2.25 bits per heavy atom. The molecule has 0 fully saturated rings. The summed E-state index contributed by atoms with van der Waals surface area (Å²) in [6, 6.07) is 4.57. The topological polar surface area (TPSA) is 26.3 Å². The number of rotatable bonds is 6. The Morgan fingerprint density at radius 1 is 1.50 bits per heavy atom. The Kier molecular flexibility index (Phi) is 5.63. The first kappa shape index (κ1) is 13.3. The van der Waals surface area contributed by atoms with Gasteiger partial charge in [-0.1, -0.05) is 13.0 Å². The number of carbonyl (C=O) groups excluding carboxylic acids is 1. The van der Waals surface area contributed by atoms with E-state index in [1.54, 1.807) is 12.1 Å². The summed E-state index contributed by atoms with van der Waals surface area (Å²) in [6.07, 6.45) is 1.18. The van der Waals surface area contributed by atoms with E-state index in [0.29, 0.717) is 11.1 Å². The summed E-state index contributed by atoms with van der Waals surface area (Å²) < 4.78 is 18.4. The second-order valence-electron chi connectivity index (χ2n) is 3.52. The Morgan fingerprint density at radius 3 is 2.88 bits per heavy atom. The van der Waals surface area contributed by atoms with Crippen molar-refractivity contribution in [1.29, 1.82) is 0 Å². The molecular weight excluding hydrogens is 275 g/mol. The molecular formula is C12H14BrFO2. The molecule has 1 aromatic carbocycles. The second kappa shape index (κ2) is 6.76. The van der Waals surface area contributed by atoms with E-state index < -0.39 is 0 Å². The van der Waals surface area contributed by atoms with Crippen LogP contribution in [-0.2, 0) is 16.0 Å². The van der Waals surface area contributed by atoms with E-state index in [2.05, 4.69) is 15.9 Å². The van der Waals surface area contributed by atoms with Gasteiger partial charge in [0.25, 0.3) is 0 Å². The molecule has 0 spiro atoms. The fraction of sp³-hybridized carbons (Fsp3) is 0.417. The summed E-state index contributed by atoms with van der Waals surface area (Å²) in [4.78, 5) is 11.4. The number of halogens is 2. The lowest BCUT2D eigenvalue weighted by molar-refractivity contribution is -0.122. The van der Waals surface area contributed by atoms with Gasteiger partial charge in [0.2, 0.25) is 0 Å². The first-order valence-corrected chi connectivity index (χ1v) is 5.96. The fourth-order valence-electron chi connectivity index (χ4n) is 1.26. The number of ketones is 1. The van der Waals surface area contributed by atoms with Gasteiger partial charge in [-0.25, -0.2) is 4.39 Å². The van der Waals surface area contributed by atoms with Crippen LogP contribution < -0.4 is 0 Å². The average molecular weight is 289 g/mol. The minimum absolute atomic E-state index is 0.00644. The van der Waals surface area contributed by atoms with Gasteiger partial charge in [-0.15, -0.1) is 0 Å². The summed E-state index contributed by atoms with van der Waals surface area (Å²) >= 11 is 3.08. The van der Waals surface area contributed by atoms with Crippen molar-refractivity contribution in [1.82, 2.24) is 0 Å². The Labute approximate surface area is 103 Å². The van der Waals surface area contributed by atoms with E-state index in [4.69, 9.17) is 4.74 Å². The van der Waals surface area contributed by atoms with E-state index in [1.807, 2.05) is 6.92 Å². The van der Waals surface area contributed by atoms with E-state index in [-0.39, 0.29) is 24.6 Å². The van der Waals surface area contributed by atoms with Gasteiger partial charge in [0.1, 0.15) is 12.4 Å². The van der Waals surface area contributed by atoms with Crippen molar-refractivity contribution in [2.45, 2.75) is 19.8 Å². The van der Waals surface area contributed by atoms with Crippen molar-refractivity contribution in [3.8, 4) is 0 Å². The van der Waals surface area contributed by atoms with Crippen LogP contribution in [0.25, 0.3) is 0 Å². The summed E-state index contributed by atoms with van der Waals surface area (Å²) in [6.45, 7) is 2.71. The Hall–Kier alpha value is -0.740. The van der Waals surface area contributed by atoms with Crippen LogP contribution in [-0.4, -0.2) is 19.0 Å². The summed E-state index contributed by atoms with van der Waals surface area (Å²) in [5, 5.41) is 0. The molecule has 88 valence electrons. The number of carbonyl (C=O) groups is 1. The predicted octanol–water partition coefficient (Wildman–Crippen LogP) is 3.13. The van der Waals surface area contributed by atoms with Crippen molar-refractivity contribution in [2.75, 3.05) is 13.2 Å². The van der Waals surface area contributed by atoms with E-state index in [0.717, 1.165) is 12.0 Å². The average Bonchev–Trinajstić information content (AvgIpc) is 2.24. The highest BCUT2D eigenvalue weighted by atomic mass is 79.9. The normalized spacial score (nSPS) is 10.4. The minimum Gasteiger partial charge on any atom is -0.374 e. The Balaban J connectivity index is 2.46. The lowest BCUT2D eigenvalue weighted by Crippen LogP contribution is -2.12. The molecule has 1 aromatic rings. The molecule has 0 saturated carbocycles. The molecule has 2 nitrogen and oxygen atoms in total. The predicted molar refractivity (Wildman–Crippen MR) is 63.9 cm³/mol. The number of ether oxygens (including phenoxy) is 1. The second-order valence-corrected chi connectivity index (χ2v) is 4.37. The highest BCUT2D eigenvalue weighted by Gasteiger charge is 2.06. The molecule has 4 heteroatoms. The summed E-state index contributed by atoms with van der Waals surface area (Å²) in [5.41, 5.74) is 0.790. The largest absolute Gasteiger partial charge is 0.374 e. The molecule has 0 atom stereocenters. The zero-order valence-corrected chi connectivity index (χ0v) is 10.7. The highest BCUT2D eigenvalue weighted by Crippen LogP contribution is 2.17. The van der Waals surface area contributed by atoms with Gasteiger partial charge in [0.05, 0.1) is 4.47 Å². The molecule has 0 aromatic heterocycles. The van der Waals surface area contributed by atoms with Crippen LogP contribution in [0.3, 0.4) is 0 Å². The molecule has 0 radical (unpaired) electrons. The van der Waals surface area contributed by atoms with E-state index in [9.17, 15) is 9.18 Å². The van der Waals surface area contributed by atoms with Gasteiger partial charge in [0.15, 0.2) is 5.78 Å². The summed E-state index contributed by atoms with van der Waals surface area (Å²) in [7, 11) is 0. The van der Waals surface area contributed by atoms with Crippen molar-refractivity contribution in [3.05, 3.63) is 34.1 Å². The molecule has 0 aliphatic rings. The van der Waals surface area contributed by atoms with Crippen molar-refractivity contribution in [2.24, 2.45) is 0 Å². The number of hydrogen-bond donors (Lipinski definition) is 0. The van der Waals surface area contributed by atoms with E-state index in [1.165, 1.54) is 6.07 Å². The standard InChI is InChI=1S/C12H14BrFO2/c1-2-5-16-8-10(15)6-9-3-4-12(14)11(13)7-9/h3-4,7H,2,5-6,8H2,1H3. The third-order valence-corrected chi connectivity index (χ3v) is 2.60. The highest BCUT2D eigenvalue weighted by molar-refractivity contribution is 9.10. The maximum absolute atomic E-state index is 12.9. The molecule has 0 aliphatic heterocycles. The van der Waals surface area contributed by atoms with Crippen LogP contribution in [0.15, 0.2) is 22.7 Å². The van der Waals surface area contributed by atoms with Crippen LogP contribution in [0.5, 0.6) is 0 Å². The van der Waals surface area contributed by atoms with Crippen molar-refractivity contribution < 1.29 is 13.9 Å². The molecule has 16 heavy (non-hydrogen) atoms. The number of benzene rings is 1. The van der Waals surface area contributed by atoms with Crippen LogP contribution in [0, 0.1) is 5.82 Å². The van der Waals surface area contributed by atoms with Gasteiger partial charge in [-0.2, -0.15) is 0 Å². The molecule has 0 saturated heterocycles. The fourth-order valence-corrected chi connectivity index (χ4v) is 1.68. The molecule has 0 heterocycles. The smallest absolute Gasteiger partial charge is 0.162 e. The minimum atomic E-state index is -0.321. The Bertz CT molecular complexity index is 366. The van der Waals surface area contributed by atoms with Gasteiger partial charge < -0.3 is 4.74 Å². The van der Waals surface area contributed by atoms with Crippen LogP contribution in [0.2, 0.25) is 0 Å². The van der Waals surface area contributed by atoms with E-state index >= 15 is 0 Å². The van der Waals surface area contributed by atoms with Crippen molar-refractivity contribution in [3.63, 3.8) is 0 Å². The molecule has 0 aliphatic carbocycles. The quantitative estimate of drug-likeness (QED) is 0.752. The summed E-state index contributed by atoms with van der Waals surface area (Å²) in [5.74, 6) is -0.314. The number of hydrogen-bond acceptors (Lipinski definition) is 2. The van der Waals surface area contributed by atoms with Gasteiger partial charge in [0, 0.05) is 13.0 Å². The lowest BCUT2D eigenvalue weighted by Gasteiger charge is -2.03. The van der Waals surface area contributed by atoms with Crippen molar-refractivity contribution >= 4 is 21.7 Å². The van der Waals surface area contributed by atoms with Gasteiger partial charge in [-0.3, -0.25) is 4.79 Å². The third-order valence-electron chi connectivity index (χ3n) is 2.00. The zero-order valence-electron chi connectivity index (χ0n) is 9.13. The number of Topliss-reactive ketones (excluding diaryl/α,β-unsaturated/α-hetero) is 1.